The fraction of sp³-hybridized carbons (Fsp3) is 0.250. The molecule has 0 amide bonds. The second kappa shape index (κ2) is 3.84. The van der Waals surface area contributed by atoms with Crippen LogP contribution in [0, 0.1) is 0 Å². The number of H-pyrrole nitrogens is 1. The van der Waals surface area contributed by atoms with Gasteiger partial charge in [-0.25, -0.2) is 9.78 Å². The Bertz CT molecular complexity index is 725. The number of imidazole rings is 1. The maximum atomic E-state index is 11.6. The maximum Gasteiger partial charge on any atom is 0.329 e. The summed E-state index contributed by atoms with van der Waals surface area (Å²) in [5.41, 5.74) is -1.20. The monoisotopic (exact) mass is 301 g/mol. The van der Waals surface area contributed by atoms with Gasteiger partial charge in [0.25, 0.3) is 5.56 Å². The molecule has 1 N–H and O–H groups in total. The topological polar surface area (TPSA) is 113 Å². The first-order valence-electron chi connectivity index (χ1n) is 4.46. The first-order chi connectivity index (χ1) is 7.91. The Balaban J connectivity index is 2.92. The molecule has 0 saturated carbocycles. The van der Waals surface area contributed by atoms with Crippen LogP contribution in [0.25, 0.3) is 11.2 Å². The largest absolute Gasteiger partial charge is 0.548 e. The van der Waals surface area contributed by atoms with Gasteiger partial charge in [-0.1, -0.05) is 0 Å². The van der Waals surface area contributed by atoms with E-state index in [4.69, 9.17) is 0 Å². The quantitative estimate of drug-likeness (QED) is 0.641. The van der Waals surface area contributed by atoms with Crippen molar-refractivity contribution in [2.75, 3.05) is 0 Å². The minimum absolute atomic E-state index is 0.00294. The average Bonchev–Trinajstić information content (AvgIpc) is 2.53. The van der Waals surface area contributed by atoms with Gasteiger partial charge in [-0.05, 0) is 15.9 Å². The van der Waals surface area contributed by atoms with E-state index in [0.717, 1.165) is 9.13 Å². The third-order valence-corrected chi connectivity index (χ3v) is 2.85. The number of hydrogen-bond acceptors (Lipinski definition) is 5. The zero-order valence-corrected chi connectivity index (χ0v) is 10.1. The van der Waals surface area contributed by atoms with Gasteiger partial charge in [0.2, 0.25) is 0 Å². The highest BCUT2D eigenvalue weighted by atomic mass is 79.9. The number of fused-ring (bicyclic) bond motifs is 1. The molecule has 0 fully saturated rings. The lowest BCUT2D eigenvalue weighted by atomic mass is 10.5. The van der Waals surface area contributed by atoms with Crippen molar-refractivity contribution in [3.8, 4) is 0 Å². The van der Waals surface area contributed by atoms with Crippen LogP contribution >= 0.6 is 15.9 Å². The van der Waals surface area contributed by atoms with E-state index < -0.39 is 23.8 Å². The van der Waals surface area contributed by atoms with Crippen molar-refractivity contribution in [3.05, 3.63) is 25.6 Å². The second-order valence-electron chi connectivity index (χ2n) is 3.33. The minimum Gasteiger partial charge on any atom is -0.548 e. The molecule has 0 spiro atoms. The van der Waals surface area contributed by atoms with Gasteiger partial charge in [0.05, 0.1) is 12.5 Å². The number of nitrogens with one attached hydrogen (secondary N) is 1. The van der Waals surface area contributed by atoms with Crippen molar-refractivity contribution < 1.29 is 9.90 Å². The van der Waals surface area contributed by atoms with Crippen LogP contribution in [0.5, 0.6) is 0 Å². The van der Waals surface area contributed by atoms with Crippen LogP contribution in [-0.4, -0.2) is 25.1 Å². The van der Waals surface area contributed by atoms with E-state index in [1.165, 1.54) is 7.05 Å². The molecule has 0 unspecified atom stereocenters. The molecule has 0 aromatic carbocycles. The molecule has 0 aliphatic heterocycles. The number of carboxylic acid groups (broad SMARTS) is 1. The Morgan fingerprint density at radius 2 is 2.18 bits per heavy atom. The molecule has 0 aliphatic rings. The molecule has 8 nitrogen and oxygen atoms in total. The van der Waals surface area contributed by atoms with E-state index in [2.05, 4.69) is 25.9 Å². The molecule has 17 heavy (non-hydrogen) atoms. The number of rotatable bonds is 2. The summed E-state index contributed by atoms with van der Waals surface area (Å²) in [6, 6.07) is 0. The molecule has 0 atom stereocenters. The Morgan fingerprint density at radius 3 is 2.76 bits per heavy atom. The molecule has 0 saturated heterocycles. The summed E-state index contributed by atoms with van der Waals surface area (Å²) in [5, 5.41) is 10.6. The van der Waals surface area contributed by atoms with Crippen molar-refractivity contribution in [2.45, 2.75) is 6.54 Å². The molecule has 2 heterocycles. The highest BCUT2D eigenvalue weighted by Crippen LogP contribution is 2.15. The maximum absolute atomic E-state index is 11.6. The Morgan fingerprint density at radius 1 is 1.53 bits per heavy atom. The van der Waals surface area contributed by atoms with Crippen molar-refractivity contribution in [3.63, 3.8) is 0 Å². The SMILES string of the molecule is Cn1c(=O)[nH]c(=O)c2c1nc(Br)n2CC(=O)[O-]. The van der Waals surface area contributed by atoms with Gasteiger partial charge in [-0.2, -0.15) is 0 Å². The van der Waals surface area contributed by atoms with Gasteiger partial charge >= 0.3 is 5.69 Å². The lowest BCUT2D eigenvalue weighted by molar-refractivity contribution is -0.306. The lowest BCUT2D eigenvalue weighted by Crippen LogP contribution is -2.31. The fourth-order valence-corrected chi connectivity index (χ4v) is 1.95. The molecule has 90 valence electrons. The fourth-order valence-electron chi connectivity index (χ4n) is 1.48. The molecule has 0 radical (unpaired) electrons. The molecular formula is C8H6BrN4O4-. The number of aromatic amines is 1. The predicted octanol–water partition coefficient (Wildman–Crippen LogP) is -2.06. The molecule has 2 aromatic rings. The first kappa shape index (κ1) is 11.6. The van der Waals surface area contributed by atoms with E-state index in [1.807, 2.05) is 0 Å². The lowest BCUT2D eigenvalue weighted by Gasteiger charge is -2.05. The van der Waals surface area contributed by atoms with E-state index in [1.54, 1.807) is 0 Å². The van der Waals surface area contributed by atoms with Crippen molar-refractivity contribution in [1.29, 1.82) is 0 Å². The van der Waals surface area contributed by atoms with Crippen LogP contribution in [0.15, 0.2) is 14.3 Å². The number of halogens is 1. The number of aryl methyl sites for hydroxylation is 1. The predicted molar refractivity (Wildman–Crippen MR) is 58.3 cm³/mol. The first-order valence-corrected chi connectivity index (χ1v) is 5.26. The van der Waals surface area contributed by atoms with Crippen LogP contribution in [0.1, 0.15) is 0 Å². The summed E-state index contributed by atoms with van der Waals surface area (Å²) in [4.78, 5) is 39.5. The van der Waals surface area contributed by atoms with Crippen LogP contribution in [-0.2, 0) is 18.4 Å². The summed E-state index contributed by atoms with van der Waals surface area (Å²) < 4.78 is 2.37. The van der Waals surface area contributed by atoms with Crippen molar-refractivity contribution >= 4 is 33.1 Å². The van der Waals surface area contributed by atoms with Crippen LogP contribution in [0.4, 0.5) is 0 Å². The average molecular weight is 302 g/mol. The Hall–Kier alpha value is -1.90. The van der Waals surface area contributed by atoms with Gasteiger partial charge in [0.15, 0.2) is 15.9 Å². The summed E-state index contributed by atoms with van der Waals surface area (Å²) >= 11 is 3.02. The number of aromatic nitrogens is 4. The smallest absolute Gasteiger partial charge is 0.329 e. The van der Waals surface area contributed by atoms with Gasteiger partial charge in [-0.3, -0.25) is 14.3 Å². The van der Waals surface area contributed by atoms with Crippen molar-refractivity contribution in [2.24, 2.45) is 7.05 Å². The third kappa shape index (κ3) is 1.78. The number of carbonyl (C=O) groups excluding carboxylic acids is 1. The summed E-state index contributed by atoms with van der Waals surface area (Å²) in [6.07, 6.45) is 0. The normalized spacial score (nSPS) is 10.9. The summed E-state index contributed by atoms with van der Waals surface area (Å²) in [7, 11) is 1.42. The number of carbonyl (C=O) groups is 1. The molecule has 2 rings (SSSR count). The van der Waals surface area contributed by atoms with Crippen molar-refractivity contribution in [1.82, 2.24) is 19.1 Å². The van der Waals surface area contributed by atoms with Gasteiger partial charge < -0.3 is 14.5 Å². The van der Waals surface area contributed by atoms with E-state index in [-0.39, 0.29) is 15.9 Å². The zero-order chi connectivity index (χ0) is 12.7. The standard InChI is InChI=1S/C8H7BrN4O4/c1-12-5-4(6(16)11-8(12)17)13(2-3(14)15)7(9)10-5/h2H2,1H3,(H,14,15)(H,11,16,17)/p-1. The number of aliphatic carboxylic acids is 1. The van der Waals surface area contributed by atoms with E-state index in [9.17, 15) is 19.5 Å². The van der Waals surface area contributed by atoms with Crippen LogP contribution in [0.2, 0.25) is 0 Å². The van der Waals surface area contributed by atoms with Crippen LogP contribution in [0.3, 0.4) is 0 Å². The second-order valence-corrected chi connectivity index (χ2v) is 4.04. The molecule has 0 aliphatic carbocycles. The minimum atomic E-state index is -1.36. The van der Waals surface area contributed by atoms with E-state index in [0.29, 0.717) is 0 Å². The summed E-state index contributed by atoms with van der Waals surface area (Å²) in [6.45, 7) is -0.529. The van der Waals surface area contributed by atoms with Gasteiger partial charge in [0, 0.05) is 7.05 Å². The summed E-state index contributed by atoms with van der Waals surface area (Å²) in [5.74, 6) is -1.36. The third-order valence-electron chi connectivity index (χ3n) is 2.25. The van der Waals surface area contributed by atoms with E-state index >= 15 is 0 Å². The zero-order valence-electron chi connectivity index (χ0n) is 8.56. The molecule has 0 bridgehead atoms. The number of nitrogens with zero attached hydrogens (tertiary/aromatic N) is 3. The molecular weight excluding hydrogens is 296 g/mol. The Kier molecular flexibility index (Phi) is 2.62. The van der Waals surface area contributed by atoms with Crippen LogP contribution < -0.4 is 16.4 Å². The number of carboxylic acids is 1. The molecule has 2 aromatic heterocycles. The highest BCUT2D eigenvalue weighted by molar-refractivity contribution is 9.10. The number of hydrogen-bond donors (Lipinski definition) is 1. The Labute approximate surface area is 102 Å². The highest BCUT2D eigenvalue weighted by Gasteiger charge is 2.15. The van der Waals surface area contributed by atoms with Gasteiger partial charge in [0.1, 0.15) is 0 Å². The molecule has 9 heteroatoms. The van der Waals surface area contributed by atoms with Gasteiger partial charge in [-0.15, -0.1) is 0 Å².